The summed E-state index contributed by atoms with van der Waals surface area (Å²) in [5.41, 5.74) is 0. The van der Waals surface area contributed by atoms with Gasteiger partial charge in [0.15, 0.2) is 0 Å². The van der Waals surface area contributed by atoms with E-state index in [1.807, 2.05) is 0 Å². The topological polar surface area (TPSA) is 56.4 Å². The van der Waals surface area contributed by atoms with Crippen LogP contribution in [0.15, 0.2) is 0 Å². The maximum absolute atomic E-state index is 4.82. The number of hydrogen-bond donors (Lipinski definition) is 0. The van der Waals surface area contributed by atoms with Gasteiger partial charge in [-0.05, 0) is 0 Å². The molecule has 0 aliphatic rings. The third-order valence-corrected chi connectivity index (χ3v) is 24.1. The number of nitrogens with zero attached hydrogens (tertiary/aromatic N) is 4. The van der Waals surface area contributed by atoms with E-state index in [1.54, 1.807) is 0 Å². The van der Waals surface area contributed by atoms with Crippen LogP contribution in [-0.4, -0.2) is 65.9 Å². The zero-order chi connectivity index (χ0) is 30.8. The Kier molecular flexibility index (Phi) is 24.2. The Labute approximate surface area is 265 Å². The molecular formula is C24H72N4Si8Zr. The summed E-state index contributed by atoms with van der Waals surface area (Å²) in [6, 6.07) is 0. The summed E-state index contributed by atoms with van der Waals surface area (Å²) in [6.45, 7) is 55.1. The first-order valence-corrected chi connectivity index (χ1v) is 41.4. The molecule has 0 aliphatic carbocycles. The van der Waals surface area contributed by atoms with Gasteiger partial charge in [0, 0.05) is 0 Å². The largest absolute Gasteiger partial charge is 4.00 e. The molecule has 0 aromatic heterocycles. The molecule has 0 bridgehead atoms. The van der Waals surface area contributed by atoms with Crippen molar-refractivity contribution < 1.29 is 26.2 Å². The summed E-state index contributed by atoms with van der Waals surface area (Å²) < 4.78 is 19.3. The summed E-state index contributed by atoms with van der Waals surface area (Å²) in [5.74, 6) is 0. The monoisotopic (exact) mass is 730 g/mol. The summed E-state index contributed by atoms with van der Waals surface area (Å²) in [7, 11) is -8.85. The fraction of sp³-hybridized carbons (Fsp3) is 1.00. The second kappa shape index (κ2) is 18.2. The fourth-order valence-electron chi connectivity index (χ4n) is 4.02. The Morgan fingerprint density at radius 2 is 0.243 bits per heavy atom. The van der Waals surface area contributed by atoms with Gasteiger partial charge in [0.1, 0.15) is 0 Å². The molecule has 0 atom stereocenters. The van der Waals surface area contributed by atoms with Gasteiger partial charge < -0.3 is 18.6 Å². The van der Waals surface area contributed by atoms with Crippen LogP contribution in [-0.2, 0) is 26.2 Å². The zero-order valence-electron chi connectivity index (χ0n) is 30.3. The minimum absolute atomic E-state index is 0. The van der Waals surface area contributed by atoms with E-state index in [1.165, 1.54) is 0 Å². The number of rotatable bonds is 8. The van der Waals surface area contributed by atoms with Crippen LogP contribution in [0, 0.1) is 0 Å². The minimum Gasteiger partial charge on any atom is -0.668 e. The second-order valence-electron chi connectivity index (χ2n) is 17.8. The van der Waals surface area contributed by atoms with Crippen molar-refractivity contribution in [3.8, 4) is 0 Å². The van der Waals surface area contributed by atoms with E-state index in [9.17, 15) is 0 Å². The third kappa shape index (κ3) is 73.0. The van der Waals surface area contributed by atoms with Gasteiger partial charge in [0.05, 0.1) is 0 Å². The van der Waals surface area contributed by atoms with Gasteiger partial charge in [-0.1, -0.05) is 223 Å². The molecule has 0 N–H and O–H groups in total. The smallest absolute Gasteiger partial charge is 0.668 e. The van der Waals surface area contributed by atoms with Crippen molar-refractivity contribution in [2.75, 3.05) is 0 Å². The van der Waals surface area contributed by atoms with Crippen LogP contribution in [0.1, 0.15) is 0 Å². The zero-order valence-corrected chi connectivity index (χ0v) is 40.7. The second-order valence-corrected chi connectivity index (χ2v) is 56.1. The van der Waals surface area contributed by atoms with Crippen molar-refractivity contribution in [1.82, 2.24) is 0 Å². The quantitative estimate of drug-likeness (QED) is 0.223. The van der Waals surface area contributed by atoms with E-state index in [-0.39, 0.29) is 26.2 Å². The van der Waals surface area contributed by atoms with Crippen molar-refractivity contribution in [3.05, 3.63) is 18.6 Å². The van der Waals surface area contributed by atoms with Crippen LogP contribution in [0.3, 0.4) is 0 Å². The molecule has 0 saturated heterocycles. The molecular weight excluding hydrogens is 660 g/mol. The molecule has 0 radical (unpaired) electrons. The minimum atomic E-state index is -1.11. The van der Waals surface area contributed by atoms with Crippen molar-refractivity contribution >= 4 is 65.9 Å². The van der Waals surface area contributed by atoms with E-state index in [4.69, 9.17) is 18.6 Å². The average molecular weight is 733 g/mol. The van der Waals surface area contributed by atoms with Gasteiger partial charge in [-0.3, -0.25) is 0 Å². The average Bonchev–Trinajstić information content (AvgIpc) is 2.19. The van der Waals surface area contributed by atoms with Crippen molar-refractivity contribution in [3.63, 3.8) is 0 Å². The van der Waals surface area contributed by atoms with Gasteiger partial charge in [0.25, 0.3) is 0 Å². The maximum atomic E-state index is 4.82. The van der Waals surface area contributed by atoms with Gasteiger partial charge in [0.2, 0.25) is 0 Å². The Morgan fingerprint density at radius 1 is 0.189 bits per heavy atom. The molecule has 224 valence electrons. The van der Waals surface area contributed by atoms with Crippen LogP contribution in [0.2, 0.25) is 157 Å². The normalized spacial score (nSPS) is 13.6. The third-order valence-electron chi connectivity index (χ3n) is 2.68. The van der Waals surface area contributed by atoms with Crippen molar-refractivity contribution in [2.24, 2.45) is 0 Å². The predicted octanol–water partition coefficient (Wildman–Crippen LogP) is 12.1. The molecule has 0 aromatic rings. The summed E-state index contributed by atoms with van der Waals surface area (Å²) in [4.78, 5) is 0. The van der Waals surface area contributed by atoms with Crippen LogP contribution < -0.4 is 0 Å². The Hall–Kier alpha value is 2.46. The molecule has 0 saturated carbocycles. The molecule has 0 spiro atoms. The number of hydrogen-bond acceptors (Lipinski definition) is 0. The standard InChI is InChI=1S/4C6H18NSi2.Zr/c4*1-8(2,3)7-9(4,5)6;/h4*1-6H3;/q4*-1;+4. The van der Waals surface area contributed by atoms with Gasteiger partial charge in [-0.15, -0.1) is 0 Å². The predicted molar refractivity (Wildman–Crippen MR) is 200 cm³/mol. The van der Waals surface area contributed by atoms with Gasteiger partial charge in [-0.2, -0.15) is 0 Å². The van der Waals surface area contributed by atoms with E-state index in [0.717, 1.165) is 0 Å². The van der Waals surface area contributed by atoms with Crippen molar-refractivity contribution in [2.45, 2.75) is 157 Å². The molecule has 0 aromatic carbocycles. The molecule has 0 rings (SSSR count). The molecule has 0 heterocycles. The van der Waals surface area contributed by atoms with Gasteiger partial charge in [-0.25, -0.2) is 0 Å². The molecule has 0 unspecified atom stereocenters. The van der Waals surface area contributed by atoms with Gasteiger partial charge >= 0.3 is 26.2 Å². The first kappa shape index (κ1) is 49.2. The molecule has 0 aliphatic heterocycles. The van der Waals surface area contributed by atoms with Crippen LogP contribution in [0.5, 0.6) is 0 Å². The van der Waals surface area contributed by atoms with E-state index in [0.29, 0.717) is 0 Å². The van der Waals surface area contributed by atoms with Crippen LogP contribution in [0.25, 0.3) is 18.6 Å². The van der Waals surface area contributed by atoms with E-state index >= 15 is 0 Å². The Balaban J connectivity index is -0.000000122. The molecule has 0 amide bonds. The Morgan fingerprint density at radius 3 is 0.243 bits per heavy atom. The molecule has 37 heavy (non-hydrogen) atoms. The van der Waals surface area contributed by atoms with Crippen molar-refractivity contribution in [1.29, 1.82) is 0 Å². The maximum Gasteiger partial charge on any atom is 4.00 e. The first-order valence-electron chi connectivity index (χ1n) is 13.8. The van der Waals surface area contributed by atoms with Crippen LogP contribution in [0.4, 0.5) is 0 Å². The summed E-state index contributed by atoms with van der Waals surface area (Å²) in [6.07, 6.45) is 0. The summed E-state index contributed by atoms with van der Waals surface area (Å²) >= 11 is 0. The SMILES string of the molecule is C[Si](C)(C)[N-][Si](C)(C)C.C[Si](C)(C)[N-][Si](C)(C)C.C[Si](C)(C)[N-][Si](C)(C)C.C[Si](C)(C)[N-][Si](C)(C)C.[Zr+4]. The molecule has 13 heteroatoms. The van der Waals surface area contributed by atoms with E-state index < -0.39 is 65.9 Å². The van der Waals surface area contributed by atoms with Crippen LogP contribution >= 0.6 is 0 Å². The first-order chi connectivity index (χ1) is 14.8. The fourth-order valence-corrected chi connectivity index (χ4v) is 36.2. The summed E-state index contributed by atoms with van der Waals surface area (Å²) in [5, 5.41) is 0. The van der Waals surface area contributed by atoms with E-state index in [2.05, 4.69) is 157 Å². The Bertz CT molecular complexity index is 415. The molecule has 0 fully saturated rings. The molecule has 4 nitrogen and oxygen atoms in total.